The highest BCUT2D eigenvalue weighted by Crippen LogP contribution is 2.23. The summed E-state index contributed by atoms with van der Waals surface area (Å²) in [5, 5.41) is 17.8. The zero-order valence-electron chi connectivity index (χ0n) is 15.6. The Morgan fingerprint density at radius 1 is 1.48 bits per heavy atom. The second kappa shape index (κ2) is 8.27. The summed E-state index contributed by atoms with van der Waals surface area (Å²) in [6.45, 7) is 1.97. The number of urea groups is 1. The molecule has 2 aliphatic heterocycles. The number of allylic oxidation sites excluding steroid dienone is 1. The Kier molecular flexibility index (Phi) is 5.78. The second-order valence-electron chi connectivity index (χ2n) is 6.38. The van der Waals surface area contributed by atoms with Gasteiger partial charge in [0.25, 0.3) is 11.6 Å². The molecule has 1 aromatic carbocycles. The third-order valence-corrected chi connectivity index (χ3v) is 4.54. The maximum atomic E-state index is 12.4. The minimum atomic E-state index is -0.736. The Balaban J connectivity index is 1.82. The summed E-state index contributed by atoms with van der Waals surface area (Å²) in [4.78, 5) is 42.0. The lowest BCUT2D eigenvalue weighted by molar-refractivity contribution is -0.384. The van der Waals surface area contributed by atoms with E-state index in [1.165, 1.54) is 23.2 Å². The molecule has 0 saturated carbocycles. The van der Waals surface area contributed by atoms with Gasteiger partial charge in [-0.15, -0.1) is 0 Å². The van der Waals surface area contributed by atoms with E-state index in [-0.39, 0.29) is 18.2 Å². The zero-order chi connectivity index (χ0) is 21.1. The van der Waals surface area contributed by atoms with Gasteiger partial charge in [-0.3, -0.25) is 20.2 Å². The first-order valence-electron chi connectivity index (χ1n) is 8.56. The van der Waals surface area contributed by atoms with Crippen LogP contribution in [0.2, 0.25) is 0 Å². The van der Waals surface area contributed by atoms with Crippen molar-refractivity contribution in [1.29, 1.82) is 0 Å². The molecule has 0 bridgehead atoms. The minimum absolute atomic E-state index is 0.0562. The summed E-state index contributed by atoms with van der Waals surface area (Å²) in [6, 6.07) is 4.69. The number of amides is 3. The highest BCUT2D eigenvalue weighted by Gasteiger charge is 2.48. The van der Waals surface area contributed by atoms with E-state index >= 15 is 0 Å². The Labute approximate surface area is 170 Å². The van der Waals surface area contributed by atoms with Crippen molar-refractivity contribution in [2.24, 2.45) is 10.1 Å². The smallest absolute Gasteiger partial charge is 0.322 e. The van der Waals surface area contributed by atoms with Gasteiger partial charge in [-0.2, -0.15) is 5.10 Å². The molecule has 0 radical (unpaired) electrons. The van der Waals surface area contributed by atoms with Crippen LogP contribution in [-0.4, -0.2) is 64.6 Å². The summed E-state index contributed by atoms with van der Waals surface area (Å²) in [5.41, 5.74) is 3.20. The number of likely N-dealkylation sites (N-methyl/N-ethyl adjacent to an activating group) is 1. The monoisotopic (exact) mass is 419 g/mol. The van der Waals surface area contributed by atoms with Crippen LogP contribution in [0, 0.1) is 10.1 Å². The molecule has 2 atom stereocenters. The molecule has 0 aliphatic carbocycles. The van der Waals surface area contributed by atoms with E-state index in [1.54, 1.807) is 37.1 Å². The Hall–Kier alpha value is -3.47. The van der Waals surface area contributed by atoms with Gasteiger partial charge in [-0.25, -0.2) is 15.2 Å². The summed E-state index contributed by atoms with van der Waals surface area (Å²) >= 11 is 5.92. The maximum absolute atomic E-state index is 12.4. The lowest BCUT2D eigenvalue weighted by Crippen LogP contribution is -2.64. The molecule has 1 aromatic rings. The third kappa shape index (κ3) is 4.35. The van der Waals surface area contributed by atoms with Gasteiger partial charge in [0.05, 0.1) is 11.1 Å². The first-order valence-corrected chi connectivity index (χ1v) is 8.93. The summed E-state index contributed by atoms with van der Waals surface area (Å²) < 4.78 is 0. The van der Waals surface area contributed by atoms with Crippen molar-refractivity contribution < 1.29 is 14.5 Å². The van der Waals surface area contributed by atoms with Crippen molar-refractivity contribution in [3.63, 3.8) is 0 Å². The molecule has 2 N–H and O–H groups in total. The predicted octanol–water partition coefficient (Wildman–Crippen LogP) is 1.21. The molecule has 12 heteroatoms. The van der Waals surface area contributed by atoms with Crippen LogP contribution in [0.5, 0.6) is 0 Å². The lowest BCUT2D eigenvalue weighted by Gasteiger charge is -2.35. The van der Waals surface area contributed by atoms with E-state index in [0.29, 0.717) is 10.6 Å². The number of nitro groups is 1. The van der Waals surface area contributed by atoms with Gasteiger partial charge >= 0.3 is 6.03 Å². The number of hydrogen-bond donors (Lipinski definition) is 2. The van der Waals surface area contributed by atoms with Crippen molar-refractivity contribution in [3.8, 4) is 0 Å². The molecule has 29 heavy (non-hydrogen) atoms. The number of fused-ring (bicyclic) bond motifs is 1. The molecule has 2 heterocycles. The number of hydrogen-bond acceptors (Lipinski definition) is 8. The molecule has 1 saturated heterocycles. The Bertz CT molecular complexity index is 941. The molecule has 3 amide bonds. The van der Waals surface area contributed by atoms with Crippen LogP contribution in [0.3, 0.4) is 0 Å². The van der Waals surface area contributed by atoms with Gasteiger partial charge in [0.15, 0.2) is 12.2 Å². The average Bonchev–Trinajstić information content (AvgIpc) is 3.04. The quantitative estimate of drug-likeness (QED) is 0.418. The molecule has 2 unspecified atom stereocenters. The van der Waals surface area contributed by atoms with E-state index in [0.717, 1.165) is 0 Å². The molecular formula is C17H18ClN7O4. The van der Waals surface area contributed by atoms with Crippen molar-refractivity contribution in [1.82, 2.24) is 20.5 Å². The maximum Gasteiger partial charge on any atom is 0.325 e. The van der Waals surface area contributed by atoms with Crippen LogP contribution in [0.25, 0.3) is 0 Å². The number of nitrogens with zero attached hydrogens (tertiary/aromatic N) is 5. The van der Waals surface area contributed by atoms with Crippen molar-refractivity contribution in [2.75, 3.05) is 13.6 Å². The first kappa shape index (κ1) is 20.3. The molecule has 152 valence electrons. The molecule has 2 aliphatic rings. The van der Waals surface area contributed by atoms with E-state index in [9.17, 15) is 19.7 Å². The van der Waals surface area contributed by atoms with Gasteiger partial charge < -0.3 is 9.80 Å². The molecule has 3 rings (SSSR count). The molecule has 11 nitrogen and oxygen atoms in total. The minimum Gasteiger partial charge on any atom is -0.322 e. The number of carbonyl (C=O) groups excluding carboxylic acids is 2. The van der Waals surface area contributed by atoms with E-state index in [1.807, 2.05) is 0 Å². The van der Waals surface area contributed by atoms with E-state index in [4.69, 9.17) is 11.6 Å². The number of non-ortho nitro benzene ring substituents is 1. The number of carbonyl (C=O) groups is 2. The number of rotatable bonds is 5. The van der Waals surface area contributed by atoms with Gasteiger partial charge in [-0.05, 0) is 6.92 Å². The van der Waals surface area contributed by atoms with Crippen LogP contribution in [0.1, 0.15) is 12.5 Å². The highest BCUT2D eigenvalue weighted by molar-refractivity contribution is 6.29. The van der Waals surface area contributed by atoms with Crippen molar-refractivity contribution >= 4 is 41.4 Å². The largest absolute Gasteiger partial charge is 0.325 e. The fourth-order valence-corrected chi connectivity index (χ4v) is 3.00. The van der Waals surface area contributed by atoms with Gasteiger partial charge in [-0.1, -0.05) is 29.8 Å². The third-order valence-electron chi connectivity index (χ3n) is 4.39. The van der Waals surface area contributed by atoms with E-state index in [2.05, 4.69) is 20.8 Å². The number of halogens is 1. The Morgan fingerprint density at radius 2 is 2.24 bits per heavy atom. The van der Waals surface area contributed by atoms with Gasteiger partial charge in [0.1, 0.15) is 0 Å². The summed E-state index contributed by atoms with van der Waals surface area (Å²) in [7, 11) is 1.54. The fourth-order valence-electron chi connectivity index (χ4n) is 2.93. The topological polar surface area (TPSA) is 133 Å². The van der Waals surface area contributed by atoms with Crippen molar-refractivity contribution in [3.05, 3.63) is 51.1 Å². The highest BCUT2D eigenvalue weighted by atomic mass is 35.5. The van der Waals surface area contributed by atoms with Crippen LogP contribution in [0.15, 0.2) is 45.5 Å². The first-order chi connectivity index (χ1) is 13.8. The number of nitrogens with one attached hydrogen (secondary N) is 2. The predicted molar refractivity (Wildman–Crippen MR) is 106 cm³/mol. The fraction of sp³-hybridized carbons (Fsp3) is 0.294. The number of guanidine groups is 1. The van der Waals surface area contributed by atoms with Crippen LogP contribution in [-0.2, 0) is 4.79 Å². The second-order valence-corrected chi connectivity index (χ2v) is 6.98. The Morgan fingerprint density at radius 3 is 2.93 bits per heavy atom. The number of hydrazone groups is 1. The van der Waals surface area contributed by atoms with Gasteiger partial charge in [0, 0.05) is 36.3 Å². The standard InChI is InChI=1S/C17H18ClN7O4/c1-10(18)6-7-24-13-14(23(2)17(27)21-15(13)26)20-16(24)22-19-9-11-4-3-5-12(8-11)25(28)29/h3-6,8-9,13-14H,7H2,1-2H3,(H,20,22)(H,21,26,27)/b10-6-,19-9-. The normalized spacial score (nSPS) is 21.9. The molecular weight excluding hydrogens is 402 g/mol. The number of benzene rings is 1. The lowest BCUT2D eigenvalue weighted by atomic mass is 10.1. The molecule has 0 spiro atoms. The number of imide groups is 1. The summed E-state index contributed by atoms with van der Waals surface area (Å²) in [5.74, 6) is -0.200. The van der Waals surface area contributed by atoms with E-state index < -0.39 is 29.1 Å². The number of nitro benzene ring substituents is 1. The van der Waals surface area contributed by atoms with Crippen molar-refractivity contribution in [2.45, 2.75) is 19.1 Å². The summed E-state index contributed by atoms with van der Waals surface area (Å²) in [6.07, 6.45) is 2.39. The van der Waals surface area contributed by atoms with Crippen LogP contribution in [0.4, 0.5) is 10.5 Å². The molecule has 1 fully saturated rings. The average molecular weight is 420 g/mol. The molecule has 0 aromatic heterocycles. The zero-order valence-corrected chi connectivity index (χ0v) is 16.3. The van der Waals surface area contributed by atoms with Crippen LogP contribution < -0.4 is 10.7 Å². The SMILES string of the molecule is C/C(Cl)=C/CN1C(N/N=C\c2cccc([N+](=O)[O-])c2)=NC2C1C(=O)NC(=O)N2C. The van der Waals surface area contributed by atoms with Gasteiger partial charge in [0.2, 0.25) is 5.96 Å². The van der Waals surface area contributed by atoms with Crippen LogP contribution >= 0.6 is 11.6 Å². The number of aliphatic imine (C=N–C) groups is 1.